The molecule has 3 heterocycles. The summed E-state index contributed by atoms with van der Waals surface area (Å²) >= 11 is 0. The fourth-order valence-corrected chi connectivity index (χ4v) is 5.95. The highest BCUT2D eigenvalue weighted by molar-refractivity contribution is 6.07. The van der Waals surface area contributed by atoms with Crippen LogP contribution in [0.2, 0.25) is 0 Å². The summed E-state index contributed by atoms with van der Waals surface area (Å²) in [5.74, 6) is 1.49. The fraction of sp³-hybridized carbons (Fsp3) is 0.538. The van der Waals surface area contributed by atoms with E-state index in [9.17, 15) is 14.0 Å². The van der Waals surface area contributed by atoms with Crippen molar-refractivity contribution in [1.82, 2.24) is 15.1 Å². The number of hydrogen-bond acceptors (Lipinski definition) is 4. The van der Waals surface area contributed by atoms with Gasteiger partial charge in [-0.3, -0.25) is 14.6 Å². The quantitative estimate of drug-likeness (QED) is 0.658. The van der Waals surface area contributed by atoms with Crippen LogP contribution in [-0.2, 0) is 17.8 Å². The molecule has 1 N–H and O–H groups in total. The minimum absolute atomic E-state index is 0.00475. The molecule has 33 heavy (non-hydrogen) atoms. The number of imide groups is 1. The van der Waals surface area contributed by atoms with Crippen LogP contribution in [-0.4, -0.2) is 46.4 Å². The molecule has 2 aromatic rings. The number of furan rings is 1. The lowest BCUT2D eigenvalue weighted by molar-refractivity contribution is -0.135. The number of carbonyl (C=O) groups excluding carboxylic acids is 2. The number of nitrogens with zero attached hydrogens (tertiary/aromatic N) is 2. The fourth-order valence-electron chi connectivity index (χ4n) is 5.95. The Labute approximate surface area is 194 Å². The van der Waals surface area contributed by atoms with Crippen molar-refractivity contribution in [3.05, 3.63) is 59.3 Å². The second-order valence-electron chi connectivity index (χ2n) is 9.88. The Hall–Kier alpha value is -2.67. The molecule has 1 aliphatic carbocycles. The summed E-state index contributed by atoms with van der Waals surface area (Å²) in [4.78, 5) is 30.9. The van der Waals surface area contributed by atoms with E-state index >= 15 is 0 Å². The Balaban J connectivity index is 1.37. The number of carbonyl (C=O) groups is 2. The zero-order valence-corrected chi connectivity index (χ0v) is 19.2. The number of rotatable bonds is 6. The molecule has 1 aromatic carbocycles. The predicted octanol–water partition coefficient (Wildman–Crippen LogP) is 4.42. The first kappa shape index (κ1) is 22.1. The highest BCUT2D eigenvalue weighted by Crippen LogP contribution is 2.39. The number of likely N-dealkylation sites (tertiary alicyclic amines) is 1. The molecule has 1 saturated carbocycles. The Bertz CT molecular complexity index is 1010. The lowest BCUT2D eigenvalue weighted by Gasteiger charge is -2.41. The molecule has 0 radical (unpaired) electrons. The van der Waals surface area contributed by atoms with Crippen LogP contribution >= 0.6 is 0 Å². The van der Waals surface area contributed by atoms with E-state index in [1.54, 1.807) is 12.1 Å². The lowest BCUT2D eigenvalue weighted by Crippen LogP contribution is -2.57. The van der Waals surface area contributed by atoms with Crippen LogP contribution in [0.5, 0.6) is 0 Å². The van der Waals surface area contributed by atoms with Gasteiger partial charge in [-0.05, 0) is 81.4 Å². The minimum Gasteiger partial charge on any atom is -0.465 e. The maximum absolute atomic E-state index is 13.9. The Morgan fingerprint density at radius 3 is 2.36 bits per heavy atom. The van der Waals surface area contributed by atoms with Crippen LogP contribution in [0.1, 0.15) is 55.6 Å². The summed E-state index contributed by atoms with van der Waals surface area (Å²) in [6.07, 6.45) is 5.88. The van der Waals surface area contributed by atoms with Crippen molar-refractivity contribution in [2.75, 3.05) is 13.1 Å². The third-order valence-electron chi connectivity index (χ3n) is 7.70. The van der Waals surface area contributed by atoms with Gasteiger partial charge in [-0.2, -0.15) is 0 Å². The average Bonchev–Trinajstić information content (AvgIpc) is 3.52. The van der Waals surface area contributed by atoms with Crippen LogP contribution in [0.3, 0.4) is 0 Å². The van der Waals surface area contributed by atoms with E-state index in [0.717, 1.165) is 75.2 Å². The zero-order chi connectivity index (χ0) is 23.0. The van der Waals surface area contributed by atoms with E-state index in [1.165, 1.54) is 17.0 Å². The number of nitrogens with one attached hydrogen (secondary N) is 1. The summed E-state index contributed by atoms with van der Waals surface area (Å²) in [6.45, 7) is 4.36. The van der Waals surface area contributed by atoms with E-state index in [1.807, 2.05) is 19.1 Å². The molecule has 2 aliphatic heterocycles. The van der Waals surface area contributed by atoms with E-state index in [2.05, 4.69) is 10.2 Å². The van der Waals surface area contributed by atoms with E-state index in [-0.39, 0.29) is 29.7 Å². The third kappa shape index (κ3) is 4.31. The van der Waals surface area contributed by atoms with E-state index in [4.69, 9.17) is 4.42 Å². The van der Waals surface area contributed by atoms with E-state index in [0.29, 0.717) is 6.42 Å². The van der Waals surface area contributed by atoms with Crippen LogP contribution in [0.25, 0.3) is 0 Å². The third-order valence-corrected chi connectivity index (χ3v) is 7.70. The maximum atomic E-state index is 13.9. The number of halogens is 1. The summed E-state index contributed by atoms with van der Waals surface area (Å²) in [5, 5.41) is 3.15. The summed E-state index contributed by atoms with van der Waals surface area (Å²) in [7, 11) is 0. The molecule has 0 bridgehead atoms. The molecule has 6 nitrogen and oxygen atoms in total. The molecule has 5 rings (SSSR count). The molecule has 0 spiro atoms. The van der Waals surface area contributed by atoms with Gasteiger partial charge in [0.05, 0.1) is 6.54 Å². The number of urea groups is 1. The van der Waals surface area contributed by atoms with Crippen molar-refractivity contribution >= 4 is 11.9 Å². The Kier molecular flexibility index (Phi) is 5.99. The molecule has 176 valence electrons. The number of aryl methyl sites for hydroxylation is 1. The maximum Gasteiger partial charge on any atom is 0.325 e. The van der Waals surface area contributed by atoms with Crippen molar-refractivity contribution in [3.8, 4) is 0 Å². The lowest BCUT2D eigenvalue weighted by atomic mass is 9.73. The van der Waals surface area contributed by atoms with Gasteiger partial charge in [-0.25, -0.2) is 9.18 Å². The van der Waals surface area contributed by atoms with Crippen molar-refractivity contribution < 1.29 is 18.4 Å². The molecule has 3 aliphatic rings. The summed E-state index contributed by atoms with van der Waals surface area (Å²) in [6, 6.07) is 10.0. The molecule has 7 heteroatoms. The highest BCUT2D eigenvalue weighted by Gasteiger charge is 2.57. The van der Waals surface area contributed by atoms with Gasteiger partial charge < -0.3 is 9.73 Å². The van der Waals surface area contributed by atoms with Gasteiger partial charge >= 0.3 is 6.03 Å². The zero-order valence-electron chi connectivity index (χ0n) is 19.2. The summed E-state index contributed by atoms with van der Waals surface area (Å²) in [5.41, 5.74) is -0.1000. The molecule has 2 saturated heterocycles. The van der Waals surface area contributed by atoms with Gasteiger partial charge in [0.15, 0.2) is 0 Å². The first-order valence-corrected chi connectivity index (χ1v) is 12.1. The predicted molar refractivity (Wildman–Crippen MR) is 122 cm³/mol. The van der Waals surface area contributed by atoms with Crippen LogP contribution in [0.4, 0.5) is 9.18 Å². The highest BCUT2D eigenvalue weighted by atomic mass is 19.1. The number of amides is 3. The van der Waals surface area contributed by atoms with Crippen molar-refractivity contribution in [1.29, 1.82) is 0 Å². The first-order chi connectivity index (χ1) is 15.9. The molecule has 0 unspecified atom stereocenters. The SMILES string of the molecule is Cc1ccc(CN2CCC([C@]3(Cc4ccc(F)cc4)NC(=O)N(C4CCCC4)C3=O)CC2)o1. The van der Waals surface area contributed by atoms with Gasteiger partial charge in [0.2, 0.25) is 0 Å². The smallest absolute Gasteiger partial charge is 0.325 e. The van der Waals surface area contributed by atoms with Crippen molar-refractivity contribution in [3.63, 3.8) is 0 Å². The Morgan fingerprint density at radius 2 is 1.73 bits per heavy atom. The number of hydrogen-bond donors (Lipinski definition) is 1. The Morgan fingerprint density at radius 1 is 1.03 bits per heavy atom. The molecule has 3 fully saturated rings. The molecule has 1 atom stereocenters. The molecule has 3 amide bonds. The molecule has 1 aromatic heterocycles. The van der Waals surface area contributed by atoms with Crippen molar-refractivity contribution in [2.24, 2.45) is 5.92 Å². The molecular formula is C26H32FN3O3. The average molecular weight is 454 g/mol. The minimum atomic E-state index is -0.967. The second-order valence-corrected chi connectivity index (χ2v) is 9.88. The van der Waals surface area contributed by atoms with Crippen LogP contribution in [0.15, 0.2) is 40.8 Å². The van der Waals surface area contributed by atoms with Gasteiger partial charge in [-0.15, -0.1) is 0 Å². The molecular weight excluding hydrogens is 421 g/mol. The second kappa shape index (κ2) is 8.93. The standard InChI is InChI=1S/C26H32FN3O3/c1-18-6-11-23(33-18)17-29-14-12-20(13-15-29)26(16-19-7-9-21(27)10-8-19)24(31)30(25(32)28-26)22-4-2-3-5-22/h6-11,20,22H,2-5,12-17H2,1H3,(H,28,32)/t26-/m0/s1. The normalized spacial score (nSPS) is 25.2. The topological polar surface area (TPSA) is 65.8 Å². The number of piperidine rings is 1. The largest absolute Gasteiger partial charge is 0.465 e. The van der Waals surface area contributed by atoms with E-state index < -0.39 is 5.54 Å². The van der Waals surface area contributed by atoms with Crippen LogP contribution in [0, 0.1) is 18.7 Å². The van der Waals surface area contributed by atoms with Crippen molar-refractivity contribution in [2.45, 2.75) is 70.0 Å². The van der Waals surface area contributed by atoms with Gasteiger partial charge in [0, 0.05) is 12.5 Å². The number of benzene rings is 1. The first-order valence-electron chi connectivity index (χ1n) is 12.1. The van der Waals surface area contributed by atoms with Gasteiger partial charge in [0.25, 0.3) is 5.91 Å². The van der Waals surface area contributed by atoms with Gasteiger partial charge in [-0.1, -0.05) is 25.0 Å². The van der Waals surface area contributed by atoms with Crippen LogP contribution < -0.4 is 5.32 Å². The van der Waals surface area contributed by atoms with Gasteiger partial charge in [0.1, 0.15) is 22.9 Å². The monoisotopic (exact) mass is 453 g/mol. The summed E-state index contributed by atoms with van der Waals surface area (Å²) < 4.78 is 19.3.